The van der Waals surface area contributed by atoms with Crippen LogP contribution in [-0.2, 0) is 0 Å². The molecular formula is C17H26ClNO4S. The largest absolute Gasteiger partial charge is 1.00 e. The summed E-state index contributed by atoms with van der Waals surface area (Å²) in [7, 11) is 4.67. The van der Waals surface area contributed by atoms with Crippen LogP contribution in [0.3, 0.4) is 0 Å². The van der Waals surface area contributed by atoms with Gasteiger partial charge in [0.1, 0.15) is 0 Å². The van der Waals surface area contributed by atoms with Gasteiger partial charge >= 0.3 is 0 Å². The predicted molar refractivity (Wildman–Crippen MR) is 92.5 cm³/mol. The lowest BCUT2D eigenvalue weighted by molar-refractivity contribution is -0.897. The Balaban J connectivity index is 0.00000288. The molecule has 1 aliphatic rings. The third-order valence-corrected chi connectivity index (χ3v) is 5.30. The molecule has 136 valence electrons. The maximum Gasteiger partial charge on any atom is 0.203 e. The van der Waals surface area contributed by atoms with Crippen molar-refractivity contribution in [1.29, 1.82) is 0 Å². The van der Waals surface area contributed by atoms with Crippen LogP contribution >= 0.6 is 11.8 Å². The van der Waals surface area contributed by atoms with Gasteiger partial charge in [-0.05, 0) is 19.1 Å². The van der Waals surface area contributed by atoms with Crippen LogP contribution < -0.4 is 31.5 Å². The number of ketones is 1. The van der Waals surface area contributed by atoms with Crippen molar-refractivity contribution in [3.63, 3.8) is 0 Å². The van der Waals surface area contributed by atoms with E-state index in [0.29, 0.717) is 34.5 Å². The van der Waals surface area contributed by atoms with Gasteiger partial charge in [0.05, 0.1) is 52.6 Å². The molecule has 0 saturated carbocycles. The minimum Gasteiger partial charge on any atom is -1.00 e. The molecule has 2 unspecified atom stereocenters. The van der Waals surface area contributed by atoms with Crippen LogP contribution in [0.1, 0.15) is 23.7 Å². The normalized spacial score (nSPS) is 20.0. The van der Waals surface area contributed by atoms with E-state index in [2.05, 4.69) is 6.92 Å². The molecule has 24 heavy (non-hydrogen) atoms. The minimum atomic E-state index is 0. The van der Waals surface area contributed by atoms with E-state index in [0.717, 1.165) is 19.6 Å². The number of Topliss-reactive ketones (excluding diaryl/α,β-unsaturated/α-hetero) is 1. The second-order valence-corrected chi connectivity index (χ2v) is 7.27. The second-order valence-electron chi connectivity index (χ2n) is 5.72. The number of hydrogen-bond acceptors (Lipinski definition) is 5. The molecule has 5 nitrogen and oxygen atoms in total. The molecule has 1 heterocycles. The third kappa shape index (κ3) is 5.19. The van der Waals surface area contributed by atoms with Crippen LogP contribution in [0.15, 0.2) is 12.1 Å². The molecule has 1 N–H and O–H groups in total. The summed E-state index contributed by atoms with van der Waals surface area (Å²) in [5, 5.41) is 0.676. The van der Waals surface area contributed by atoms with Crippen LogP contribution in [0.5, 0.6) is 17.2 Å². The highest BCUT2D eigenvalue weighted by atomic mass is 35.5. The number of halogens is 1. The Bertz CT molecular complexity index is 530. The van der Waals surface area contributed by atoms with Crippen molar-refractivity contribution >= 4 is 17.5 Å². The number of ether oxygens (including phenoxy) is 3. The van der Waals surface area contributed by atoms with Gasteiger partial charge in [-0.25, -0.2) is 0 Å². The van der Waals surface area contributed by atoms with Gasteiger partial charge in [0.2, 0.25) is 5.75 Å². The number of quaternary nitrogens is 1. The topological polar surface area (TPSA) is 49.2 Å². The summed E-state index contributed by atoms with van der Waals surface area (Å²) in [4.78, 5) is 14.0. The van der Waals surface area contributed by atoms with E-state index < -0.39 is 0 Å². The summed E-state index contributed by atoms with van der Waals surface area (Å²) >= 11 is 2.01. The monoisotopic (exact) mass is 375 g/mol. The molecule has 7 heteroatoms. The molecule has 0 amide bonds. The first-order chi connectivity index (χ1) is 11.1. The molecule has 0 aliphatic carbocycles. The molecule has 2 rings (SSSR count). The lowest BCUT2D eigenvalue weighted by Gasteiger charge is -2.27. The molecule has 0 aromatic heterocycles. The van der Waals surface area contributed by atoms with E-state index >= 15 is 0 Å². The molecule has 0 radical (unpaired) electrons. The van der Waals surface area contributed by atoms with Crippen molar-refractivity contribution in [2.75, 3.05) is 46.7 Å². The Morgan fingerprint density at radius 2 is 1.83 bits per heavy atom. The summed E-state index contributed by atoms with van der Waals surface area (Å²) in [5.74, 6) is 2.84. The zero-order chi connectivity index (χ0) is 16.8. The van der Waals surface area contributed by atoms with Crippen LogP contribution in [0.4, 0.5) is 0 Å². The van der Waals surface area contributed by atoms with Gasteiger partial charge in [0, 0.05) is 11.3 Å². The van der Waals surface area contributed by atoms with Gasteiger partial charge in [-0.3, -0.25) is 4.79 Å². The van der Waals surface area contributed by atoms with Crippen molar-refractivity contribution in [1.82, 2.24) is 0 Å². The zero-order valence-electron chi connectivity index (χ0n) is 14.7. The fourth-order valence-electron chi connectivity index (χ4n) is 2.88. The molecule has 1 fully saturated rings. The number of carbonyl (C=O) groups is 1. The first kappa shape index (κ1) is 20.9. The number of nitrogens with one attached hydrogen (secondary N) is 1. The highest BCUT2D eigenvalue weighted by Crippen LogP contribution is 2.38. The number of rotatable bonds is 7. The molecular weight excluding hydrogens is 350 g/mol. The number of benzene rings is 1. The average Bonchev–Trinajstić information content (AvgIpc) is 2.58. The lowest BCUT2D eigenvalue weighted by Crippen LogP contribution is -3.14. The SMILES string of the molecule is COc1cc(C(=O)CC[NH+]2CCSC(C)C2)cc(OC)c1OC.[Cl-]. The summed E-state index contributed by atoms with van der Waals surface area (Å²) < 4.78 is 15.9. The van der Waals surface area contributed by atoms with E-state index in [4.69, 9.17) is 14.2 Å². The van der Waals surface area contributed by atoms with Crippen LogP contribution in [0.2, 0.25) is 0 Å². The maximum atomic E-state index is 12.5. The fraction of sp³-hybridized carbons (Fsp3) is 0.588. The summed E-state index contributed by atoms with van der Waals surface area (Å²) in [6.07, 6.45) is 0.533. The van der Waals surface area contributed by atoms with Crippen molar-refractivity contribution in [2.45, 2.75) is 18.6 Å². The molecule has 0 bridgehead atoms. The van der Waals surface area contributed by atoms with Gasteiger partial charge in [0.25, 0.3) is 0 Å². The number of hydrogen-bond donors (Lipinski definition) is 1. The van der Waals surface area contributed by atoms with E-state index in [1.165, 1.54) is 10.7 Å². The Morgan fingerprint density at radius 3 is 2.33 bits per heavy atom. The quantitative estimate of drug-likeness (QED) is 0.576. The van der Waals surface area contributed by atoms with Crippen molar-refractivity contribution in [3.05, 3.63) is 17.7 Å². The Morgan fingerprint density at radius 1 is 1.21 bits per heavy atom. The highest BCUT2D eigenvalue weighted by Gasteiger charge is 2.22. The van der Waals surface area contributed by atoms with Gasteiger partial charge in [-0.1, -0.05) is 0 Å². The molecule has 1 saturated heterocycles. The molecule has 0 spiro atoms. The molecule has 2 atom stereocenters. The highest BCUT2D eigenvalue weighted by molar-refractivity contribution is 7.99. The van der Waals surface area contributed by atoms with Crippen LogP contribution in [0.25, 0.3) is 0 Å². The summed E-state index contributed by atoms with van der Waals surface area (Å²) in [5.41, 5.74) is 0.610. The summed E-state index contributed by atoms with van der Waals surface area (Å²) in [6, 6.07) is 3.46. The third-order valence-electron chi connectivity index (χ3n) is 4.13. The maximum absolute atomic E-state index is 12.5. The Kier molecular flexibility index (Phi) is 8.73. The van der Waals surface area contributed by atoms with E-state index in [9.17, 15) is 4.79 Å². The average molecular weight is 376 g/mol. The smallest absolute Gasteiger partial charge is 0.203 e. The van der Waals surface area contributed by atoms with Crippen LogP contribution in [0, 0.1) is 0 Å². The zero-order valence-corrected chi connectivity index (χ0v) is 16.3. The number of carbonyl (C=O) groups excluding carboxylic acids is 1. The molecule has 1 aromatic rings. The first-order valence-corrected chi connectivity index (χ1v) is 8.92. The van der Waals surface area contributed by atoms with Crippen molar-refractivity contribution in [3.8, 4) is 17.2 Å². The summed E-state index contributed by atoms with van der Waals surface area (Å²) in [6.45, 7) is 5.40. The second kappa shape index (κ2) is 10.0. The molecule has 1 aromatic carbocycles. The van der Waals surface area contributed by atoms with Gasteiger partial charge in [0.15, 0.2) is 17.3 Å². The first-order valence-electron chi connectivity index (χ1n) is 7.87. The predicted octanol–water partition coefficient (Wildman–Crippen LogP) is -1.69. The standard InChI is InChI=1S/C17H25NO4S.ClH/c1-12-11-18(7-8-23-12)6-5-14(19)13-9-15(20-2)17(22-4)16(10-13)21-3;/h9-10,12H,5-8,11H2,1-4H3;1H. The lowest BCUT2D eigenvalue weighted by atomic mass is 10.1. The minimum absolute atomic E-state index is 0. The Hall–Kier alpha value is -1.11. The van der Waals surface area contributed by atoms with Crippen LogP contribution in [-0.4, -0.2) is 57.7 Å². The van der Waals surface area contributed by atoms with E-state index in [-0.39, 0.29) is 18.2 Å². The van der Waals surface area contributed by atoms with Gasteiger partial charge < -0.3 is 31.5 Å². The van der Waals surface area contributed by atoms with Gasteiger partial charge in [-0.15, -0.1) is 11.8 Å². The number of thioether (sulfide) groups is 1. The fourth-order valence-corrected chi connectivity index (χ4v) is 4.04. The number of methoxy groups -OCH3 is 3. The van der Waals surface area contributed by atoms with Crippen molar-refractivity contribution in [2.24, 2.45) is 0 Å². The van der Waals surface area contributed by atoms with E-state index in [1.54, 1.807) is 33.5 Å². The molecule has 1 aliphatic heterocycles. The van der Waals surface area contributed by atoms with Crippen molar-refractivity contribution < 1.29 is 36.3 Å². The Labute approximate surface area is 154 Å². The van der Waals surface area contributed by atoms with E-state index in [1.807, 2.05) is 11.8 Å². The van der Waals surface area contributed by atoms with Gasteiger partial charge in [-0.2, -0.15) is 0 Å².